The molecule has 5 nitrogen and oxygen atoms in total. The number of aromatic nitrogens is 1. The van der Waals surface area contributed by atoms with Crippen molar-refractivity contribution >= 4 is 0 Å². The van der Waals surface area contributed by atoms with Crippen LogP contribution >= 0.6 is 0 Å². The van der Waals surface area contributed by atoms with Crippen molar-refractivity contribution in [3.05, 3.63) is 18.0 Å². The predicted molar refractivity (Wildman–Crippen MR) is 92.3 cm³/mol. The van der Waals surface area contributed by atoms with Gasteiger partial charge in [0, 0.05) is 51.8 Å². The number of ether oxygens (including phenoxy) is 1. The third-order valence-corrected chi connectivity index (χ3v) is 2.97. The maximum atomic E-state index is 5.57. The van der Waals surface area contributed by atoms with E-state index in [1.165, 1.54) is 19.5 Å². The summed E-state index contributed by atoms with van der Waals surface area (Å²) < 4.78 is 10.3. The van der Waals surface area contributed by atoms with Crippen LogP contribution < -0.4 is 5.32 Å². The fraction of sp³-hybridized carbons (Fsp3) is 0.824. The fourth-order valence-electron chi connectivity index (χ4n) is 1.97. The van der Waals surface area contributed by atoms with Crippen LogP contribution in [0.4, 0.5) is 0 Å². The van der Waals surface area contributed by atoms with Gasteiger partial charge in [-0.3, -0.25) is 0 Å². The number of piperazine rings is 1. The predicted octanol–water partition coefficient (Wildman–Crippen LogP) is 2.97. The van der Waals surface area contributed by atoms with E-state index in [2.05, 4.69) is 29.2 Å². The van der Waals surface area contributed by atoms with Gasteiger partial charge in [0.15, 0.2) is 0 Å². The summed E-state index contributed by atoms with van der Waals surface area (Å²) in [6.45, 7) is 15.5. The molecule has 0 atom stereocenters. The van der Waals surface area contributed by atoms with Gasteiger partial charge in [0.2, 0.25) is 0 Å². The first-order valence-corrected chi connectivity index (χ1v) is 8.76. The first-order valence-electron chi connectivity index (χ1n) is 8.76. The maximum Gasteiger partial charge on any atom is 0.124 e. The molecule has 1 fully saturated rings. The Morgan fingerprint density at radius 3 is 2.50 bits per heavy atom. The molecule has 2 rings (SSSR count). The summed E-state index contributed by atoms with van der Waals surface area (Å²) in [6.07, 6.45) is 4.79. The lowest BCUT2D eigenvalue weighted by Gasteiger charge is -2.26. The van der Waals surface area contributed by atoms with Crippen LogP contribution in [-0.4, -0.2) is 56.0 Å². The number of hydrogen-bond donors (Lipinski definition) is 1. The lowest BCUT2D eigenvalue weighted by molar-refractivity contribution is 0.119. The Kier molecular flexibility index (Phi) is 15.8. The number of hydrogen-bond acceptors (Lipinski definition) is 5. The van der Waals surface area contributed by atoms with Gasteiger partial charge in [-0.25, -0.2) is 0 Å². The average Bonchev–Trinajstić information content (AvgIpc) is 3.08. The van der Waals surface area contributed by atoms with Crippen molar-refractivity contribution in [3.63, 3.8) is 0 Å². The highest BCUT2D eigenvalue weighted by Gasteiger charge is 2.08. The van der Waals surface area contributed by atoms with Crippen LogP contribution in [-0.2, 0) is 11.2 Å². The summed E-state index contributed by atoms with van der Waals surface area (Å²) in [5.41, 5.74) is 0.965. The molecule has 0 amide bonds. The van der Waals surface area contributed by atoms with Gasteiger partial charge in [-0.15, -0.1) is 0 Å². The molecular weight excluding hydrogens is 278 g/mol. The highest BCUT2D eigenvalue weighted by Crippen LogP contribution is 1.98. The second kappa shape index (κ2) is 16.5. The molecule has 1 aliphatic rings. The molecule has 1 saturated heterocycles. The largest absolute Gasteiger partial charge is 0.381 e. The third-order valence-electron chi connectivity index (χ3n) is 2.97. The highest BCUT2D eigenvalue weighted by molar-refractivity contribution is 4.94. The molecule has 22 heavy (non-hydrogen) atoms. The van der Waals surface area contributed by atoms with Crippen molar-refractivity contribution in [1.29, 1.82) is 0 Å². The molecule has 2 heterocycles. The Morgan fingerprint density at radius 2 is 1.91 bits per heavy atom. The number of nitrogens with one attached hydrogen (secondary N) is 1. The van der Waals surface area contributed by atoms with Gasteiger partial charge in [0.25, 0.3) is 0 Å². The van der Waals surface area contributed by atoms with Crippen molar-refractivity contribution in [3.8, 4) is 0 Å². The summed E-state index contributed by atoms with van der Waals surface area (Å²) in [7, 11) is 0. The minimum atomic E-state index is 0.730. The van der Waals surface area contributed by atoms with Crippen molar-refractivity contribution in [1.82, 2.24) is 15.4 Å². The summed E-state index contributed by atoms with van der Waals surface area (Å²) >= 11 is 0. The summed E-state index contributed by atoms with van der Waals surface area (Å²) in [5, 5.41) is 7.19. The van der Waals surface area contributed by atoms with Crippen molar-refractivity contribution in [2.45, 2.75) is 47.0 Å². The summed E-state index contributed by atoms with van der Waals surface area (Å²) in [4.78, 5) is 2.48. The molecule has 0 unspecified atom stereocenters. The second-order valence-electron chi connectivity index (χ2n) is 5.01. The monoisotopic (exact) mass is 313 g/mol. The number of nitrogens with zero attached hydrogens (tertiary/aromatic N) is 2. The van der Waals surface area contributed by atoms with E-state index in [0.717, 1.165) is 51.4 Å². The molecule has 1 aliphatic heterocycles. The van der Waals surface area contributed by atoms with E-state index < -0.39 is 0 Å². The normalized spacial score (nSPS) is 14.5. The molecule has 0 aliphatic carbocycles. The van der Waals surface area contributed by atoms with Gasteiger partial charge in [0.05, 0.1) is 12.3 Å². The number of rotatable bonds is 7. The minimum absolute atomic E-state index is 0.730. The zero-order valence-electron chi connectivity index (χ0n) is 14.9. The highest BCUT2D eigenvalue weighted by atomic mass is 16.5. The van der Waals surface area contributed by atoms with Crippen LogP contribution in [0, 0.1) is 0 Å². The molecule has 0 aromatic carbocycles. The first kappa shape index (κ1) is 21.1. The van der Waals surface area contributed by atoms with Gasteiger partial charge in [-0.1, -0.05) is 39.3 Å². The lowest BCUT2D eigenvalue weighted by atomic mass is 10.3. The van der Waals surface area contributed by atoms with Crippen LogP contribution in [0.15, 0.2) is 16.9 Å². The zero-order valence-corrected chi connectivity index (χ0v) is 14.9. The van der Waals surface area contributed by atoms with Crippen LogP contribution in [0.1, 0.15) is 46.2 Å². The Morgan fingerprint density at radius 1 is 1.23 bits per heavy atom. The van der Waals surface area contributed by atoms with Crippen LogP contribution in [0.25, 0.3) is 0 Å². The summed E-state index contributed by atoms with van der Waals surface area (Å²) in [6, 6.07) is 1.88. The van der Waals surface area contributed by atoms with E-state index >= 15 is 0 Å². The SMILES string of the molecule is CC.CCC.c1cc(CCOCCCN2CCNCC2)no1. The van der Waals surface area contributed by atoms with Crippen LogP contribution in [0.5, 0.6) is 0 Å². The Bertz CT molecular complexity index is 299. The van der Waals surface area contributed by atoms with Crippen LogP contribution in [0.2, 0.25) is 0 Å². The topological polar surface area (TPSA) is 50.5 Å². The molecule has 0 bridgehead atoms. The molecule has 0 radical (unpaired) electrons. The molecule has 1 aromatic heterocycles. The van der Waals surface area contributed by atoms with Crippen molar-refractivity contribution < 1.29 is 9.26 Å². The van der Waals surface area contributed by atoms with Gasteiger partial charge >= 0.3 is 0 Å². The molecule has 130 valence electrons. The molecule has 1 aromatic rings. The van der Waals surface area contributed by atoms with E-state index in [-0.39, 0.29) is 0 Å². The molecule has 0 saturated carbocycles. The van der Waals surface area contributed by atoms with Gasteiger partial charge in [-0.05, 0) is 6.42 Å². The van der Waals surface area contributed by atoms with E-state index in [9.17, 15) is 0 Å². The zero-order chi connectivity index (χ0) is 16.5. The Labute approximate surface area is 136 Å². The van der Waals surface area contributed by atoms with Gasteiger partial charge in [-0.2, -0.15) is 0 Å². The van der Waals surface area contributed by atoms with E-state index in [0.29, 0.717) is 0 Å². The summed E-state index contributed by atoms with van der Waals surface area (Å²) in [5.74, 6) is 0. The van der Waals surface area contributed by atoms with Gasteiger partial charge < -0.3 is 19.5 Å². The quantitative estimate of drug-likeness (QED) is 0.784. The van der Waals surface area contributed by atoms with E-state index in [1.807, 2.05) is 19.9 Å². The van der Waals surface area contributed by atoms with E-state index in [1.54, 1.807) is 6.26 Å². The molecular formula is C17H35N3O2. The van der Waals surface area contributed by atoms with Crippen LogP contribution in [0.3, 0.4) is 0 Å². The Hall–Kier alpha value is -0.910. The maximum absolute atomic E-state index is 5.57. The minimum Gasteiger partial charge on any atom is -0.381 e. The molecule has 1 N–H and O–H groups in total. The molecule has 5 heteroatoms. The average molecular weight is 313 g/mol. The lowest BCUT2D eigenvalue weighted by Crippen LogP contribution is -2.43. The smallest absolute Gasteiger partial charge is 0.124 e. The fourth-order valence-corrected chi connectivity index (χ4v) is 1.97. The molecule has 0 spiro atoms. The standard InChI is InChI=1S/C12H21N3O2.C3H8.C2H6/c1(6-15-7-4-13-5-8-15)9-16-10-2-12-3-11-17-14-12;1-3-2;1-2/h3,11,13H,1-2,4-10H2;3H2,1-2H3;1-2H3. The van der Waals surface area contributed by atoms with Crippen molar-refractivity contribution in [2.75, 3.05) is 45.9 Å². The first-order chi connectivity index (χ1) is 10.9. The van der Waals surface area contributed by atoms with Crippen molar-refractivity contribution in [2.24, 2.45) is 0 Å². The second-order valence-corrected chi connectivity index (χ2v) is 5.01. The van der Waals surface area contributed by atoms with Gasteiger partial charge in [0.1, 0.15) is 6.26 Å². The Balaban J connectivity index is 0.000000789. The third kappa shape index (κ3) is 11.7. The van der Waals surface area contributed by atoms with E-state index in [4.69, 9.17) is 9.26 Å².